The van der Waals surface area contributed by atoms with E-state index in [2.05, 4.69) is 94.5 Å². The maximum Gasteiger partial charge on any atom is 0.174 e. The summed E-state index contributed by atoms with van der Waals surface area (Å²) in [4.78, 5) is 10.1. The van der Waals surface area contributed by atoms with E-state index in [4.69, 9.17) is 4.74 Å². The van der Waals surface area contributed by atoms with Crippen molar-refractivity contribution in [1.82, 2.24) is 14.8 Å². The molecule has 33 heavy (non-hydrogen) atoms. The summed E-state index contributed by atoms with van der Waals surface area (Å²) in [6, 6.07) is 13.7. The van der Waals surface area contributed by atoms with E-state index in [9.17, 15) is 4.39 Å². The van der Waals surface area contributed by atoms with Gasteiger partial charge in [0.1, 0.15) is 6.10 Å². The van der Waals surface area contributed by atoms with E-state index in [0.717, 1.165) is 37.7 Å². The van der Waals surface area contributed by atoms with Gasteiger partial charge in [-0.2, -0.15) is 0 Å². The molecule has 0 spiro atoms. The zero-order valence-electron chi connectivity index (χ0n) is 19.6. The Balaban J connectivity index is 1.42. The molecule has 7 heteroatoms. The summed E-state index contributed by atoms with van der Waals surface area (Å²) in [7, 11) is 0. The number of nitrogens with zero attached hydrogens (tertiary/aromatic N) is 2. The summed E-state index contributed by atoms with van der Waals surface area (Å²) in [6.45, 7) is 10.4. The van der Waals surface area contributed by atoms with Crippen LogP contribution in [0.2, 0.25) is 0 Å². The van der Waals surface area contributed by atoms with Crippen LogP contribution in [0.3, 0.4) is 0 Å². The molecular weight excluding hydrogens is 548 g/mol. The molecule has 0 amide bonds. The van der Waals surface area contributed by atoms with Crippen molar-refractivity contribution in [1.29, 1.82) is 0 Å². The minimum Gasteiger partial charge on any atom is -0.478 e. The number of alkyl halides is 2. The number of para-hydroxylation sites is 1. The number of aromatic nitrogens is 1. The van der Waals surface area contributed by atoms with E-state index in [1.54, 1.807) is 11.3 Å². The molecule has 0 aliphatic carbocycles. The van der Waals surface area contributed by atoms with Crippen molar-refractivity contribution in [2.45, 2.75) is 55.2 Å². The van der Waals surface area contributed by atoms with Gasteiger partial charge in [-0.25, -0.2) is 0 Å². The van der Waals surface area contributed by atoms with Crippen LogP contribution in [-0.4, -0.2) is 63.2 Å². The number of H-pyrrole nitrogens is 1. The van der Waals surface area contributed by atoms with Crippen LogP contribution in [0.25, 0.3) is 10.9 Å². The van der Waals surface area contributed by atoms with Crippen molar-refractivity contribution in [3.05, 3.63) is 52.5 Å². The summed E-state index contributed by atoms with van der Waals surface area (Å²) in [5.41, 5.74) is 4.03. The second-order valence-corrected chi connectivity index (χ2v) is 14.1. The summed E-state index contributed by atoms with van der Waals surface area (Å²) in [5.74, 6) is 0. The number of fused-ring (bicyclic) bond motifs is 3. The van der Waals surface area contributed by atoms with E-state index in [0.29, 0.717) is 12.5 Å². The fourth-order valence-corrected chi connectivity index (χ4v) is 6.71. The van der Waals surface area contributed by atoms with Gasteiger partial charge in [-0.3, -0.25) is 14.2 Å². The maximum absolute atomic E-state index is 12.4. The van der Waals surface area contributed by atoms with Crippen LogP contribution in [0, 0.1) is 0 Å². The molecule has 2 aliphatic heterocycles. The molecule has 1 fully saturated rings. The van der Waals surface area contributed by atoms with Gasteiger partial charge < -0.3 is 9.72 Å². The predicted molar refractivity (Wildman–Crippen MR) is 144 cm³/mol. The minimum absolute atomic E-state index is 0.180. The molecule has 1 aromatic carbocycles. The molecule has 1 saturated heterocycles. The average molecular weight is 582 g/mol. The van der Waals surface area contributed by atoms with Crippen LogP contribution in [0.15, 0.2) is 36.4 Å². The van der Waals surface area contributed by atoms with Crippen molar-refractivity contribution in [2.24, 2.45) is 0 Å². The van der Waals surface area contributed by atoms with Gasteiger partial charge in [0.15, 0.2) is 5.06 Å². The van der Waals surface area contributed by atoms with Crippen LogP contribution in [0.4, 0.5) is 4.39 Å². The van der Waals surface area contributed by atoms with E-state index < -0.39 is 0 Å². The minimum atomic E-state index is -0.240. The lowest BCUT2D eigenvalue weighted by Gasteiger charge is -2.43. The van der Waals surface area contributed by atoms with Crippen LogP contribution in [0.5, 0.6) is 5.06 Å². The van der Waals surface area contributed by atoms with E-state index in [1.807, 2.05) is 0 Å². The lowest BCUT2D eigenvalue weighted by atomic mass is 9.90. The highest BCUT2D eigenvalue weighted by Gasteiger charge is 2.39. The Bertz CT molecular complexity index is 1100. The smallest absolute Gasteiger partial charge is 0.174 e. The Morgan fingerprint density at radius 3 is 2.76 bits per heavy atom. The third-order valence-corrected chi connectivity index (χ3v) is 8.13. The summed E-state index contributed by atoms with van der Waals surface area (Å²) in [6.07, 6.45) is 1.90. The van der Waals surface area contributed by atoms with Gasteiger partial charge in [0.2, 0.25) is 0 Å². The van der Waals surface area contributed by atoms with Crippen molar-refractivity contribution >= 4 is 44.8 Å². The number of thiophene rings is 1. The summed E-state index contributed by atoms with van der Waals surface area (Å²) >= 11 is 4.35. The molecule has 0 radical (unpaired) electrons. The first-order chi connectivity index (χ1) is 15.8. The molecule has 0 unspecified atom stereocenters. The third-order valence-electron chi connectivity index (χ3n) is 6.76. The van der Waals surface area contributed by atoms with Crippen molar-refractivity contribution in [3.8, 4) is 5.06 Å². The van der Waals surface area contributed by atoms with Crippen LogP contribution in [-0.2, 0) is 6.42 Å². The van der Waals surface area contributed by atoms with Gasteiger partial charge in [-0.05, 0) is 57.4 Å². The molecule has 2 aliphatic rings. The molecule has 5 rings (SSSR count). The first-order valence-corrected chi connectivity index (χ1v) is 13.8. The molecule has 3 aromatic rings. The number of likely N-dealkylation sites (tertiary alicyclic amines) is 1. The lowest BCUT2D eigenvalue weighted by Crippen LogP contribution is -2.53. The topological polar surface area (TPSA) is 31.5 Å². The first-order valence-electron chi connectivity index (χ1n) is 11.9. The van der Waals surface area contributed by atoms with Gasteiger partial charge in [-0.15, -0.1) is 11.3 Å². The van der Waals surface area contributed by atoms with E-state index >= 15 is 0 Å². The van der Waals surface area contributed by atoms with E-state index in [1.165, 1.54) is 27.0 Å². The predicted octanol–water partition coefficient (Wildman–Crippen LogP) is 6.20. The molecule has 4 heterocycles. The second-order valence-electron chi connectivity index (χ2n) is 10.1. The lowest BCUT2D eigenvalue weighted by molar-refractivity contribution is 0.0208. The normalized spacial score (nSPS) is 22.5. The number of rotatable bonds is 8. The van der Waals surface area contributed by atoms with Gasteiger partial charge in [0.25, 0.3) is 0 Å². The van der Waals surface area contributed by atoms with Crippen molar-refractivity contribution in [2.75, 3.05) is 32.9 Å². The standard InChI is InChI=1S/C26H33FIN3OS/c1-17-13-20-19-7-4-5-8-21(19)29-24(20)25(31(17)16-26(2,3)28)22-9-10-23(33-22)32-18-14-30(15-18)12-6-11-27/h4-5,7-10,17-18,25,29H,6,11-16H2,1-3H3/t17-,25-/m1/s1. The SMILES string of the molecule is C[C@@H]1Cc2c([nH]c3ccccc23)[C@@H](c2ccc(OC3CN(CCCF)C3)s2)N1CC(C)(C)I. The fraction of sp³-hybridized carbons (Fsp3) is 0.538. The maximum atomic E-state index is 12.4. The molecule has 178 valence electrons. The molecule has 1 N–H and O–H groups in total. The fourth-order valence-electron chi connectivity index (χ4n) is 5.27. The Morgan fingerprint density at radius 1 is 1.21 bits per heavy atom. The number of aromatic amines is 1. The highest BCUT2D eigenvalue weighted by molar-refractivity contribution is 14.1. The molecule has 2 atom stereocenters. The van der Waals surface area contributed by atoms with Crippen LogP contribution >= 0.6 is 33.9 Å². The molecule has 0 bridgehead atoms. The van der Waals surface area contributed by atoms with Crippen molar-refractivity contribution < 1.29 is 9.13 Å². The van der Waals surface area contributed by atoms with Crippen molar-refractivity contribution in [3.63, 3.8) is 0 Å². The Kier molecular flexibility index (Phi) is 6.77. The van der Waals surface area contributed by atoms with Gasteiger partial charge in [-0.1, -0.05) is 40.8 Å². The van der Waals surface area contributed by atoms with Gasteiger partial charge in [0, 0.05) is 57.1 Å². The summed E-state index contributed by atoms with van der Waals surface area (Å²) < 4.78 is 18.9. The molecule has 2 aromatic heterocycles. The zero-order valence-corrected chi connectivity index (χ0v) is 22.6. The quantitative estimate of drug-likeness (QED) is 0.254. The Hall–Kier alpha value is -1.16. The van der Waals surface area contributed by atoms with Gasteiger partial charge in [0.05, 0.1) is 12.7 Å². The largest absolute Gasteiger partial charge is 0.478 e. The number of nitrogens with one attached hydrogen (secondary N) is 1. The third kappa shape index (κ3) is 4.97. The molecule has 0 saturated carbocycles. The van der Waals surface area contributed by atoms with E-state index in [-0.39, 0.29) is 22.2 Å². The number of hydrogen-bond acceptors (Lipinski definition) is 4. The Morgan fingerprint density at radius 2 is 2.00 bits per heavy atom. The Labute approximate surface area is 213 Å². The number of ether oxygens (including phenoxy) is 1. The second kappa shape index (κ2) is 9.47. The highest BCUT2D eigenvalue weighted by atomic mass is 127. The first kappa shape index (κ1) is 23.6. The number of hydrogen-bond donors (Lipinski definition) is 1. The highest BCUT2D eigenvalue weighted by Crippen LogP contribution is 2.45. The molecular formula is C26H33FIN3OS. The van der Waals surface area contributed by atoms with Crippen LogP contribution in [0.1, 0.15) is 49.4 Å². The summed E-state index contributed by atoms with van der Waals surface area (Å²) in [5, 5.41) is 2.35. The monoisotopic (exact) mass is 581 g/mol. The zero-order chi connectivity index (χ0) is 23.2. The average Bonchev–Trinajstić information content (AvgIpc) is 3.34. The van der Waals surface area contributed by atoms with Gasteiger partial charge >= 0.3 is 0 Å². The van der Waals surface area contributed by atoms with Crippen LogP contribution < -0.4 is 4.74 Å². The number of halogens is 2. The molecule has 4 nitrogen and oxygen atoms in total. The number of benzene rings is 1.